The molecule has 0 atom stereocenters. The fourth-order valence-corrected chi connectivity index (χ4v) is 2.58. The van der Waals surface area contributed by atoms with Crippen molar-refractivity contribution in [3.63, 3.8) is 0 Å². The number of hydrogen-bond acceptors (Lipinski definition) is 5. The third kappa shape index (κ3) is 7.58. The fourth-order valence-electron chi connectivity index (χ4n) is 2.58. The summed E-state index contributed by atoms with van der Waals surface area (Å²) in [5.41, 5.74) is 8.60. The maximum absolute atomic E-state index is 11.9. The predicted octanol–water partition coefficient (Wildman–Crippen LogP) is 3.26. The van der Waals surface area contributed by atoms with E-state index in [1.165, 1.54) is 7.11 Å². The second-order valence-electron chi connectivity index (χ2n) is 6.05. The van der Waals surface area contributed by atoms with Gasteiger partial charge in [-0.1, -0.05) is 18.2 Å². The molecule has 4 N–H and O–H groups in total. The Balaban J connectivity index is 0.00000364. The van der Waals surface area contributed by atoms with Gasteiger partial charge in [0.1, 0.15) is 5.82 Å². The van der Waals surface area contributed by atoms with E-state index in [0.717, 1.165) is 29.7 Å². The zero-order valence-electron chi connectivity index (χ0n) is 15.6. The van der Waals surface area contributed by atoms with E-state index < -0.39 is 0 Å². The summed E-state index contributed by atoms with van der Waals surface area (Å²) in [6.07, 6.45) is 5.60. The van der Waals surface area contributed by atoms with Crippen LogP contribution in [0.25, 0.3) is 6.08 Å². The summed E-state index contributed by atoms with van der Waals surface area (Å²) >= 11 is 0. The highest BCUT2D eigenvalue weighted by atomic mass is 35.5. The van der Waals surface area contributed by atoms with Crippen LogP contribution in [0.2, 0.25) is 0 Å². The number of nitrogens with one attached hydrogen (secondary N) is 1. The van der Waals surface area contributed by atoms with Gasteiger partial charge < -0.3 is 20.9 Å². The third-order valence-corrected chi connectivity index (χ3v) is 3.81. The topological polar surface area (TPSA) is 97.5 Å². The molecular formula is C20H26ClN3O3. The summed E-state index contributed by atoms with van der Waals surface area (Å²) in [6, 6.07) is 8.89. The molecule has 2 rings (SSSR count). The van der Waals surface area contributed by atoms with Gasteiger partial charge in [-0.05, 0) is 55.2 Å². The molecule has 0 aliphatic carbocycles. The van der Waals surface area contributed by atoms with Crippen LogP contribution in [0.4, 0.5) is 5.82 Å². The van der Waals surface area contributed by atoms with E-state index in [2.05, 4.69) is 10.3 Å². The summed E-state index contributed by atoms with van der Waals surface area (Å²) in [7, 11) is 1.50. The number of phenols is 1. The first-order valence-corrected chi connectivity index (χ1v) is 8.51. The monoisotopic (exact) mass is 391 g/mol. The van der Waals surface area contributed by atoms with Gasteiger partial charge in [0, 0.05) is 18.7 Å². The molecule has 0 bridgehead atoms. The van der Waals surface area contributed by atoms with Crippen molar-refractivity contribution in [2.75, 3.05) is 19.4 Å². The van der Waals surface area contributed by atoms with Gasteiger partial charge in [0.25, 0.3) is 0 Å². The quantitative estimate of drug-likeness (QED) is 0.641. The average molecular weight is 392 g/mol. The van der Waals surface area contributed by atoms with Gasteiger partial charge in [-0.2, -0.15) is 0 Å². The first-order valence-electron chi connectivity index (χ1n) is 8.51. The van der Waals surface area contributed by atoms with Gasteiger partial charge >= 0.3 is 0 Å². The summed E-state index contributed by atoms with van der Waals surface area (Å²) in [5, 5.41) is 12.4. The molecule has 6 nitrogen and oxygen atoms in total. The van der Waals surface area contributed by atoms with Crippen molar-refractivity contribution < 1.29 is 14.6 Å². The number of aromatic hydroxyl groups is 1. The Labute approximate surface area is 165 Å². The van der Waals surface area contributed by atoms with Crippen molar-refractivity contribution in [3.8, 4) is 11.5 Å². The Hall–Kier alpha value is -2.73. The van der Waals surface area contributed by atoms with Crippen molar-refractivity contribution in [1.82, 2.24) is 10.3 Å². The van der Waals surface area contributed by atoms with Gasteiger partial charge in [0.15, 0.2) is 11.5 Å². The second kappa shape index (κ2) is 11.1. The number of nitrogen functional groups attached to an aromatic ring is 1. The van der Waals surface area contributed by atoms with Crippen molar-refractivity contribution in [3.05, 3.63) is 53.2 Å². The van der Waals surface area contributed by atoms with Crippen LogP contribution in [0.1, 0.15) is 29.7 Å². The lowest BCUT2D eigenvalue weighted by Gasteiger charge is -2.05. The first kappa shape index (κ1) is 22.3. The number of ether oxygens (including phenoxy) is 1. The van der Waals surface area contributed by atoms with Gasteiger partial charge in [0.05, 0.1) is 7.11 Å². The Morgan fingerprint density at radius 3 is 2.81 bits per heavy atom. The maximum atomic E-state index is 11.9. The van der Waals surface area contributed by atoms with E-state index in [-0.39, 0.29) is 24.1 Å². The van der Waals surface area contributed by atoms with E-state index in [9.17, 15) is 9.90 Å². The van der Waals surface area contributed by atoms with Gasteiger partial charge in [-0.3, -0.25) is 4.79 Å². The lowest BCUT2D eigenvalue weighted by molar-refractivity contribution is -0.120. The Bertz CT molecular complexity index is 774. The van der Waals surface area contributed by atoms with E-state index in [4.69, 9.17) is 10.5 Å². The van der Waals surface area contributed by atoms with Crippen LogP contribution < -0.4 is 15.8 Å². The van der Waals surface area contributed by atoms with Crippen LogP contribution in [-0.4, -0.2) is 29.7 Å². The van der Waals surface area contributed by atoms with Crippen LogP contribution >= 0.6 is 12.4 Å². The molecule has 0 aliphatic heterocycles. The van der Waals surface area contributed by atoms with Crippen molar-refractivity contribution in [2.45, 2.75) is 26.2 Å². The van der Waals surface area contributed by atoms with Crippen LogP contribution in [0.15, 0.2) is 36.4 Å². The van der Waals surface area contributed by atoms with Crippen LogP contribution in [0.3, 0.4) is 0 Å². The Morgan fingerprint density at radius 2 is 2.11 bits per heavy atom. The number of aryl methyl sites for hydroxylation is 2. The normalized spacial score (nSPS) is 10.4. The highest BCUT2D eigenvalue weighted by Crippen LogP contribution is 2.26. The average Bonchev–Trinajstić information content (AvgIpc) is 2.59. The van der Waals surface area contributed by atoms with Crippen LogP contribution in [0.5, 0.6) is 11.5 Å². The zero-order chi connectivity index (χ0) is 18.9. The van der Waals surface area contributed by atoms with E-state index >= 15 is 0 Å². The standard InChI is InChI=1S/C20H25N3O3.ClH/c1-14-11-16(23-19(21)12-14)6-3-7-20(25)22-10-4-5-15-8-9-17(24)18(13-15)26-2;/h4-5,8-9,11-13,24H,3,6-7,10H2,1-2H3,(H2,21,23)(H,22,25);1H. The molecule has 1 aromatic heterocycles. The number of aromatic nitrogens is 1. The highest BCUT2D eigenvalue weighted by Gasteiger charge is 2.03. The van der Waals surface area contributed by atoms with Gasteiger partial charge in [0.2, 0.25) is 5.91 Å². The molecule has 1 amide bonds. The zero-order valence-corrected chi connectivity index (χ0v) is 16.4. The largest absolute Gasteiger partial charge is 0.504 e. The summed E-state index contributed by atoms with van der Waals surface area (Å²) in [6.45, 7) is 2.42. The number of hydrogen-bond donors (Lipinski definition) is 3. The number of methoxy groups -OCH3 is 1. The smallest absolute Gasteiger partial charge is 0.220 e. The number of benzene rings is 1. The molecule has 0 radical (unpaired) electrons. The van der Waals surface area contributed by atoms with Crippen molar-refractivity contribution in [1.29, 1.82) is 0 Å². The van der Waals surface area contributed by atoms with E-state index in [1.807, 2.05) is 31.2 Å². The fraction of sp³-hybridized carbons (Fsp3) is 0.300. The van der Waals surface area contributed by atoms with E-state index in [1.54, 1.807) is 18.2 Å². The molecule has 0 saturated heterocycles. The molecular weight excluding hydrogens is 366 g/mol. The van der Waals surface area contributed by atoms with Crippen molar-refractivity contribution in [2.24, 2.45) is 0 Å². The molecule has 0 unspecified atom stereocenters. The molecule has 2 aromatic rings. The second-order valence-corrected chi connectivity index (χ2v) is 6.05. The Morgan fingerprint density at radius 1 is 1.33 bits per heavy atom. The minimum absolute atomic E-state index is 0. The van der Waals surface area contributed by atoms with Crippen LogP contribution in [-0.2, 0) is 11.2 Å². The summed E-state index contributed by atoms with van der Waals surface area (Å²) in [5.74, 6) is 1.03. The lowest BCUT2D eigenvalue weighted by Crippen LogP contribution is -2.23. The molecule has 0 fully saturated rings. The highest BCUT2D eigenvalue weighted by molar-refractivity contribution is 5.85. The number of nitrogens with zero attached hydrogens (tertiary/aromatic N) is 1. The molecule has 146 valence electrons. The number of rotatable bonds is 8. The predicted molar refractivity (Wildman–Crippen MR) is 110 cm³/mol. The number of halogens is 1. The van der Waals surface area contributed by atoms with Gasteiger partial charge in [-0.25, -0.2) is 4.98 Å². The summed E-state index contributed by atoms with van der Waals surface area (Å²) in [4.78, 5) is 16.1. The van der Waals surface area contributed by atoms with E-state index in [0.29, 0.717) is 24.5 Å². The molecule has 1 aromatic carbocycles. The molecule has 7 heteroatoms. The number of pyridine rings is 1. The van der Waals surface area contributed by atoms with Crippen LogP contribution in [0, 0.1) is 6.92 Å². The SMILES string of the molecule is COc1cc(C=CCNC(=O)CCCc2cc(C)cc(N)n2)ccc1O.Cl. The Kier molecular flexibility index (Phi) is 9.16. The minimum atomic E-state index is -0.00133. The number of amides is 1. The number of carbonyl (C=O) groups excluding carboxylic acids is 1. The third-order valence-electron chi connectivity index (χ3n) is 3.81. The molecule has 0 saturated carbocycles. The number of anilines is 1. The number of carbonyl (C=O) groups is 1. The summed E-state index contributed by atoms with van der Waals surface area (Å²) < 4.78 is 5.06. The number of phenolic OH excluding ortho intramolecular Hbond substituents is 1. The minimum Gasteiger partial charge on any atom is -0.504 e. The first-order chi connectivity index (χ1) is 12.5. The molecule has 0 spiro atoms. The molecule has 27 heavy (non-hydrogen) atoms. The molecule has 1 heterocycles. The van der Waals surface area contributed by atoms with Gasteiger partial charge in [-0.15, -0.1) is 12.4 Å². The number of nitrogens with two attached hydrogens (primary N) is 1. The maximum Gasteiger partial charge on any atom is 0.220 e. The molecule has 0 aliphatic rings. The lowest BCUT2D eigenvalue weighted by atomic mass is 10.1. The van der Waals surface area contributed by atoms with Crippen molar-refractivity contribution >= 4 is 30.2 Å².